The van der Waals surface area contributed by atoms with Crippen LogP contribution in [-0.2, 0) is 0 Å². The van der Waals surface area contributed by atoms with Crippen LogP contribution in [0.2, 0.25) is 0 Å². The average molecular weight is 181 g/mol. The molecule has 0 saturated carbocycles. The molecule has 0 heterocycles. The third-order valence-electron chi connectivity index (χ3n) is 0.983. The van der Waals surface area contributed by atoms with Gasteiger partial charge in [-0.25, -0.2) is 0 Å². The molecule has 0 aliphatic rings. The van der Waals surface area contributed by atoms with E-state index in [0.29, 0.717) is 5.56 Å². The molecule has 1 rings (SSSR count). The normalized spacial score (nSPS) is 8.33. The van der Waals surface area contributed by atoms with E-state index in [-0.39, 0.29) is 0 Å². The molecule has 0 bridgehead atoms. The summed E-state index contributed by atoms with van der Waals surface area (Å²) in [6, 6.07) is 9.35. The van der Waals surface area contributed by atoms with Gasteiger partial charge in [0, 0.05) is 0 Å². The number of rotatable bonds is 0. The van der Waals surface area contributed by atoms with E-state index in [9.17, 15) is 0 Å². The number of hydrogen-bond acceptors (Lipinski definition) is 1. The molecule has 0 atom stereocenters. The predicted octanol–water partition coefficient (Wildman–Crippen LogP) is 0.352. The van der Waals surface area contributed by atoms with Crippen LogP contribution >= 0.6 is 0 Å². The Morgan fingerprint density at radius 1 is 1.22 bits per heavy atom. The third kappa shape index (κ3) is 1.57. The summed E-state index contributed by atoms with van der Waals surface area (Å²) in [7, 11) is 0. The van der Waals surface area contributed by atoms with Gasteiger partial charge in [-0.2, -0.15) is 0 Å². The molecule has 0 amide bonds. The van der Waals surface area contributed by atoms with Crippen molar-refractivity contribution in [3.63, 3.8) is 0 Å². The molecule has 1 aromatic rings. The Labute approximate surface area is 62.1 Å². The number of nitrogens with zero attached hydrogens (tertiary/aromatic N) is 1. The maximum absolute atomic E-state index is 8.37. The first-order valence-corrected chi connectivity index (χ1v) is 3.36. The molecule has 0 aromatic heterocycles. The van der Waals surface area contributed by atoms with Gasteiger partial charge in [0.1, 0.15) is 0 Å². The van der Waals surface area contributed by atoms with Crippen molar-refractivity contribution < 1.29 is 0 Å². The van der Waals surface area contributed by atoms with Gasteiger partial charge in [0.2, 0.25) is 0 Å². The molecular formula is C7H4NSe+. The summed E-state index contributed by atoms with van der Waals surface area (Å²) in [5, 5.41) is 8.37. The Hall–Kier alpha value is -0.771. The number of benzene rings is 1. The zero-order valence-corrected chi connectivity index (χ0v) is 6.38. The zero-order chi connectivity index (χ0) is 6.69. The average Bonchev–Trinajstić information content (AvgIpc) is 1.90. The molecule has 0 aliphatic heterocycles. The summed E-state index contributed by atoms with van der Waals surface area (Å²) in [5.74, 6) is 0. The van der Waals surface area contributed by atoms with E-state index in [1.165, 1.54) is 0 Å². The molecule has 2 radical (unpaired) electrons. The topological polar surface area (TPSA) is 23.8 Å². The summed E-state index contributed by atoms with van der Waals surface area (Å²) in [4.78, 5) is 0. The second-order valence-electron chi connectivity index (χ2n) is 1.64. The van der Waals surface area contributed by atoms with Crippen molar-refractivity contribution in [1.29, 1.82) is 5.26 Å². The van der Waals surface area contributed by atoms with Crippen LogP contribution in [0.3, 0.4) is 0 Å². The van der Waals surface area contributed by atoms with Crippen LogP contribution in [0.1, 0.15) is 5.56 Å². The summed E-state index contributed by atoms with van der Waals surface area (Å²) in [6.07, 6.45) is 0. The number of hydrogen-bond donors (Lipinski definition) is 0. The van der Waals surface area contributed by atoms with Crippen LogP contribution in [-0.4, -0.2) is 16.0 Å². The van der Waals surface area contributed by atoms with E-state index in [4.69, 9.17) is 5.26 Å². The van der Waals surface area contributed by atoms with Crippen molar-refractivity contribution >= 4 is 20.5 Å². The minimum absolute atomic E-state index is 0.703. The fourth-order valence-corrected chi connectivity index (χ4v) is 0.815. The van der Waals surface area contributed by atoms with Gasteiger partial charge >= 0.3 is 61.6 Å². The van der Waals surface area contributed by atoms with E-state index in [0.717, 1.165) is 4.46 Å². The van der Waals surface area contributed by atoms with Crippen molar-refractivity contribution in [1.82, 2.24) is 0 Å². The van der Waals surface area contributed by atoms with Crippen molar-refractivity contribution in [3.05, 3.63) is 29.8 Å². The summed E-state index contributed by atoms with van der Waals surface area (Å²) < 4.78 is 1.06. The van der Waals surface area contributed by atoms with E-state index < -0.39 is 0 Å². The van der Waals surface area contributed by atoms with Gasteiger partial charge in [-0.1, -0.05) is 0 Å². The summed E-state index contributed by atoms with van der Waals surface area (Å²) in [5.41, 5.74) is 0.703. The first kappa shape index (κ1) is 6.35. The van der Waals surface area contributed by atoms with E-state index in [1.807, 2.05) is 18.2 Å². The van der Waals surface area contributed by atoms with E-state index in [2.05, 4.69) is 16.0 Å². The first-order valence-electron chi connectivity index (χ1n) is 2.50. The summed E-state index contributed by atoms with van der Waals surface area (Å²) >= 11 is 2.84. The molecule has 0 aliphatic carbocycles. The van der Waals surface area contributed by atoms with Gasteiger partial charge in [0.25, 0.3) is 0 Å². The Balaban J connectivity index is 3.06. The Kier molecular flexibility index (Phi) is 1.89. The van der Waals surface area contributed by atoms with Crippen LogP contribution < -0.4 is 4.46 Å². The third-order valence-corrected chi connectivity index (χ3v) is 1.55. The minimum atomic E-state index is 0.703. The number of nitriles is 1. The molecule has 0 saturated heterocycles. The first-order chi connectivity index (χ1) is 4.33. The SMILES string of the molecule is N#Cc1ccc([Se+])cc1. The van der Waals surface area contributed by atoms with Gasteiger partial charge in [0.15, 0.2) is 0 Å². The molecule has 1 aromatic carbocycles. The van der Waals surface area contributed by atoms with Crippen molar-refractivity contribution in [2.24, 2.45) is 0 Å². The molecule has 0 spiro atoms. The van der Waals surface area contributed by atoms with Gasteiger partial charge < -0.3 is 0 Å². The Bertz CT molecular complexity index is 232. The second-order valence-corrected chi connectivity index (χ2v) is 2.63. The van der Waals surface area contributed by atoms with Gasteiger partial charge in [-0.15, -0.1) is 0 Å². The van der Waals surface area contributed by atoms with Crippen molar-refractivity contribution in [3.8, 4) is 6.07 Å². The summed E-state index contributed by atoms with van der Waals surface area (Å²) in [6.45, 7) is 0. The monoisotopic (exact) mass is 182 g/mol. The van der Waals surface area contributed by atoms with Crippen LogP contribution in [0.25, 0.3) is 0 Å². The van der Waals surface area contributed by atoms with Crippen LogP contribution in [0.15, 0.2) is 24.3 Å². The standard InChI is InChI=1S/C7H4NSe/c8-5-6-1-3-7(9)4-2-6/h1-4H/q+1. The maximum atomic E-state index is 8.37. The molecule has 0 N–H and O–H groups in total. The second kappa shape index (κ2) is 2.68. The molecule has 42 valence electrons. The van der Waals surface area contributed by atoms with Gasteiger partial charge in [-0.3, -0.25) is 0 Å². The molecule has 1 nitrogen and oxygen atoms in total. The Morgan fingerprint density at radius 2 is 1.78 bits per heavy atom. The molecule has 2 heteroatoms. The zero-order valence-electron chi connectivity index (χ0n) is 4.66. The fourth-order valence-electron chi connectivity index (χ4n) is 0.529. The predicted molar refractivity (Wildman–Crippen MR) is 36.5 cm³/mol. The van der Waals surface area contributed by atoms with Crippen molar-refractivity contribution in [2.75, 3.05) is 0 Å². The van der Waals surface area contributed by atoms with Crippen molar-refractivity contribution in [2.45, 2.75) is 0 Å². The van der Waals surface area contributed by atoms with Gasteiger partial charge in [-0.05, 0) is 0 Å². The van der Waals surface area contributed by atoms with Crippen LogP contribution in [0.4, 0.5) is 0 Å². The fraction of sp³-hybridized carbons (Fsp3) is 0. The molecule has 0 fully saturated rings. The van der Waals surface area contributed by atoms with E-state index >= 15 is 0 Å². The van der Waals surface area contributed by atoms with Crippen LogP contribution in [0.5, 0.6) is 0 Å². The molecular weight excluding hydrogens is 177 g/mol. The molecule has 9 heavy (non-hydrogen) atoms. The van der Waals surface area contributed by atoms with Crippen LogP contribution in [0, 0.1) is 11.3 Å². The quantitative estimate of drug-likeness (QED) is 0.530. The van der Waals surface area contributed by atoms with E-state index in [1.54, 1.807) is 12.1 Å². The molecule has 0 unspecified atom stereocenters. The Morgan fingerprint density at radius 3 is 2.22 bits per heavy atom. The van der Waals surface area contributed by atoms with Gasteiger partial charge in [0.05, 0.1) is 0 Å².